The molecule has 0 aliphatic rings. The van der Waals surface area contributed by atoms with Gasteiger partial charge in [0.1, 0.15) is 0 Å². The molecule has 0 aromatic heterocycles. The van der Waals surface area contributed by atoms with E-state index in [9.17, 15) is 0 Å². The first-order chi connectivity index (χ1) is 0. The maximum absolute atomic E-state index is 0. The molecule has 0 unspecified atom stereocenters. The predicted octanol–water partition coefficient (Wildman–Crippen LogP) is 1.56. The van der Waals surface area contributed by atoms with Crippen LogP contribution >= 0.6 is 24.8 Å². The molecule has 0 saturated heterocycles. The van der Waals surface area contributed by atoms with Gasteiger partial charge in [-0.25, -0.2) is 0 Å². The van der Waals surface area contributed by atoms with Gasteiger partial charge in [0.05, 0.1) is 0 Å². The summed E-state index contributed by atoms with van der Waals surface area (Å²) < 4.78 is 0. The first kappa shape index (κ1) is 62.0. The Kier molecular flexibility index (Phi) is 452. The minimum atomic E-state index is 0. The van der Waals surface area contributed by atoms with E-state index in [2.05, 4.69) is 0 Å². The van der Waals surface area contributed by atoms with Gasteiger partial charge in [-0.3, -0.25) is 0 Å². The van der Waals surface area contributed by atoms with Crippen molar-refractivity contribution in [3.05, 3.63) is 6.15 Å². The second-order valence-corrected chi connectivity index (χ2v) is 0. The van der Waals surface area contributed by atoms with Crippen molar-refractivity contribution in [3.63, 3.8) is 0 Å². The van der Waals surface area contributed by atoms with Gasteiger partial charge in [0.25, 0.3) is 0 Å². The molecule has 0 spiro atoms. The van der Waals surface area contributed by atoms with E-state index in [4.69, 9.17) is 0 Å². The third-order valence-electron chi connectivity index (χ3n) is 0. The third kappa shape index (κ3) is 10.6. The molecule has 0 bridgehead atoms. The average Bonchev–Trinajstić information content (AvgIpc) is 0. The molecule has 4 heavy (non-hydrogen) atoms. The van der Waals surface area contributed by atoms with E-state index in [1.54, 1.807) is 0 Å². The Bertz CT molecular complexity index is 6.00. The summed E-state index contributed by atoms with van der Waals surface area (Å²) >= 11 is 0. The maximum Gasteiger partial charge on any atom is 0 e. The van der Waals surface area contributed by atoms with Gasteiger partial charge in [-0.05, 0) is 0 Å². The van der Waals surface area contributed by atoms with Gasteiger partial charge in [0, 0.05) is 21.1 Å². The summed E-state index contributed by atoms with van der Waals surface area (Å²) in [5.41, 5.74) is 0. The van der Waals surface area contributed by atoms with Crippen molar-refractivity contribution < 1.29 is 21.1 Å². The Balaban J connectivity index is 0. The molecule has 0 atom stereocenters. The molecule has 0 saturated carbocycles. The summed E-state index contributed by atoms with van der Waals surface area (Å²) in [6.07, 6.45) is 0. The van der Waals surface area contributed by atoms with Crippen molar-refractivity contribution in [3.8, 4) is 0 Å². The maximum atomic E-state index is 0. The van der Waals surface area contributed by atoms with E-state index < -0.39 is 0 Å². The van der Waals surface area contributed by atoms with Crippen LogP contribution in [0.15, 0.2) is 0 Å². The summed E-state index contributed by atoms with van der Waals surface area (Å²) in [4.78, 5) is 0. The Morgan fingerprint density at radius 3 is 0.750 bits per heavy atom. The fraction of sp³-hybridized carbons (Fsp3) is 0. The smallest absolute Gasteiger partial charge is 0 e. The number of hydrogen-bond acceptors (Lipinski definition) is 0. The average molecular weight is 284 g/mol. The van der Waals surface area contributed by atoms with Crippen LogP contribution in [0, 0.1) is 0 Å². The minimum absolute atomic E-state index is 0. The third-order valence-corrected chi connectivity index (χ3v) is 0. The monoisotopic (exact) mass is 283 g/mol. The molecular weight excluding hydrogens is 280 g/mol. The van der Waals surface area contributed by atoms with Crippen molar-refractivity contribution in [1.29, 1.82) is 0 Å². The van der Waals surface area contributed by atoms with Crippen molar-refractivity contribution in [1.82, 2.24) is 0 Å². The van der Waals surface area contributed by atoms with E-state index in [-0.39, 0.29) is 52.0 Å². The van der Waals surface area contributed by atoms with Crippen molar-refractivity contribution in [2.75, 3.05) is 0 Å². The first-order valence-corrected chi connectivity index (χ1v) is 0. The molecular formula is H4Cl2NPt-. The van der Waals surface area contributed by atoms with Crippen LogP contribution in [0.4, 0.5) is 0 Å². The second-order valence-electron chi connectivity index (χ2n) is 0. The predicted molar refractivity (Wildman–Crippen MR) is 19.8 cm³/mol. The van der Waals surface area contributed by atoms with Crippen LogP contribution in [0.5, 0.6) is 0 Å². The Morgan fingerprint density at radius 2 is 0.750 bits per heavy atom. The van der Waals surface area contributed by atoms with Crippen LogP contribution < -0.4 is 0 Å². The number of nitrogens with two attached hydrogens (primary N) is 1. The van der Waals surface area contributed by atoms with Gasteiger partial charge in [0.2, 0.25) is 0 Å². The fourth-order valence-corrected chi connectivity index (χ4v) is 0. The summed E-state index contributed by atoms with van der Waals surface area (Å²) in [6.45, 7) is 0. The van der Waals surface area contributed by atoms with Crippen molar-refractivity contribution in [2.24, 2.45) is 0 Å². The topological polar surface area (TPSA) is 33.5 Å². The van der Waals surface area contributed by atoms with Gasteiger partial charge in [-0.15, -0.1) is 24.8 Å². The normalized spacial score (nSPS) is 0. The molecule has 0 aromatic carbocycles. The second kappa shape index (κ2) is 29.2. The molecule has 0 amide bonds. The molecule has 2 N–H and O–H groups in total. The van der Waals surface area contributed by atoms with Crippen molar-refractivity contribution >= 4 is 24.8 Å². The van der Waals surface area contributed by atoms with E-state index in [0.29, 0.717) is 0 Å². The number of halogens is 2. The van der Waals surface area contributed by atoms with Gasteiger partial charge in [-0.2, -0.15) is 0 Å². The number of hydrogen-bond donors (Lipinski definition) is 0. The molecule has 0 aliphatic carbocycles. The number of rotatable bonds is 0. The van der Waals surface area contributed by atoms with Crippen LogP contribution in [0.3, 0.4) is 0 Å². The summed E-state index contributed by atoms with van der Waals surface area (Å²) in [6, 6.07) is 0. The molecule has 1 nitrogen and oxygen atoms in total. The quantitative estimate of drug-likeness (QED) is 0.647. The Labute approximate surface area is 52.2 Å². The molecule has 0 rings (SSSR count). The summed E-state index contributed by atoms with van der Waals surface area (Å²) in [5, 5.41) is 0. The van der Waals surface area contributed by atoms with Gasteiger partial charge >= 0.3 is 0 Å². The van der Waals surface area contributed by atoms with E-state index in [0.717, 1.165) is 0 Å². The Morgan fingerprint density at radius 1 is 0.750 bits per heavy atom. The Hall–Kier alpha value is 1.23. The summed E-state index contributed by atoms with van der Waals surface area (Å²) in [7, 11) is 0. The van der Waals surface area contributed by atoms with E-state index in [1.165, 1.54) is 0 Å². The molecule has 0 radical (unpaired) electrons. The zero-order valence-corrected chi connectivity index (χ0v) is 5.62. The standard InChI is InChI=1S/2ClH.H2N.Pt/h2*1H;1H2;/q;;-1;. The summed E-state index contributed by atoms with van der Waals surface area (Å²) in [5.74, 6) is 0. The van der Waals surface area contributed by atoms with Crippen LogP contribution in [0.25, 0.3) is 6.15 Å². The van der Waals surface area contributed by atoms with E-state index in [1.807, 2.05) is 0 Å². The molecule has 4 heteroatoms. The zero-order valence-electron chi connectivity index (χ0n) is 1.71. The minimum Gasteiger partial charge on any atom is -0.693 e. The van der Waals surface area contributed by atoms with E-state index >= 15 is 0 Å². The van der Waals surface area contributed by atoms with Gasteiger partial charge in [0.15, 0.2) is 0 Å². The van der Waals surface area contributed by atoms with Gasteiger partial charge in [-0.1, -0.05) is 0 Å². The zero-order chi connectivity index (χ0) is 0. The van der Waals surface area contributed by atoms with Crippen LogP contribution in [-0.2, 0) is 21.1 Å². The van der Waals surface area contributed by atoms with Crippen molar-refractivity contribution in [2.45, 2.75) is 0 Å². The van der Waals surface area contributed by atoms with Crippen LogP contribution in [0.2, 0.25) is 0 Å². The SMILES string of the molecule is Cl.Cl.[NH2-].[Pt]. The van der Waals surface area contributed by atoms with Crippen LogP contribution in [0.1, 0.15) is 0 Å². The van der Waals surface area contributed by atoms with Gasteiger partial charge < -0.3 is 6.15 Å². The fourth-order valence-electron chi connectivity index (χ4n) is 0. The molecule has 0 heterocycles. The molecule has 34 valence electrons. The largest absolute Gasteiger partial charge is 0.693 e. The first-order valence-electron chi connectivity index (χ1n) is 0. The van der Waals surface area contributed by atoms with Crippen LogP contribution in [-0.4, -0.2) is 0 Å². The molecule has 0 aromatic rings. The molecule has 0 aliphatic heterocycles. The molecule has 0 fully saturated rings.